The van der Waals surface area contributed by atoms with E-state index in [2.05, 4.69) is 171 Å². The molecule has 32 heteroatoms. The molecule has 8 N–H and O–H groups in total. The molecule has 0 aliphatic rings. The molecule has 0 saturated heterocycles. The number of carboxylic acids is 6. The second kappa shape index (κ2) is 75.7. The number of hydrogen-bond acceptors (Lipinski definition) is 17. The van der Waals surface area contributed by atoms with Crippen molar-refractivity contribution in [1.82, 2.24) is 29.4 Å². The molecule has 0 bridgehead atoms. The minimum absolute atomic E-state index is 0.0120. The van der Waals surface area contributed by atoms with E-state index in [1.807, 2.05) is 9.80 Å². The van der Waals surface area contributed by atoms with Gasteiger partial charge in [-0.3, -0.25) is 28.8 Å². The van der Waals surface area contributed by atoms with Gasteiger partial charge in [-0.2, -0.15) is 0 Å². The van der Waals surface area contributed by atoms with Crippen molar-refractivity contribution in [2.75, 3.05) is 138 Å². The van der Waals surface area contributed by atoms with Crippen LogP contribution in [0.3, 0.4) is 0 Å². The van der Waals surface area contributed by atoms with Gasteiger partial charge in [-0.25, -0.2) is 0 Å². The van der Waals surface area contributed by atoms with Crippen molar-refractivity contribution in [2.45, 2.75) is 472 Å². The number of carbonyl (C=O) groups is 6. The van der Waals surface area contributed by atoms with E-state index in [0.29, 0.717) is 65.5 Å². The zero-order valence-electron chi connectivity index (χ0n) is 93.6. The quantitative estimate of drug-likeness (QED) is 0.0171. The van der Waals surface area contributed by atoms with Crippen LogP contribution in [0.2, 0.25) is 225 Å². The minimum atomic E-state index is -1.72. The average molecular weight is 2120 g/mol. The van der Waals surface area contributed by atoms with Crippen molar-refractivity contribution >= 4 is 108 Å². The Morgan fingerprint density at radius 3 is 0.590 bits per heavy atom. The zero-order valence-corrected chi connectivity index (χ0v) is 103. The molecule has 1 aromatic carbocycles. The number of hydrogen-bond donors (Lipinski definition) is 8. The first-order valence-corrected chi connectivity index (χ1v) is 86.3. The number of aliphatic carboxylic acids is 6. The number of carboxylic acid groups (broad SMARTS) is 6. The van der Waals surface area contributed by atoms with Gasteiger partial charge < -0.3 is 84.5 Å². The van der Waals surface area contributed by atoms with E-state index in [-0.39, 0.29) is 38.5 Å². The second-order valence-electron chi connectivity index (χ2n) is 48.6. The third-order valence-electron chi connectivity index (χ3n) is 30.7. The van der Waals surface area contributed by atoms with Gasteiger partial charge in [0, 0.05) is 119 Å². The van der Waals surface area contributed by atoms with Crippen LogP contribution < -0.4 is 14.2 Å². The lowest BCUT2D eigenvalue weighted by atomic mass is 10.2. The molecular weight excluding hydrogens is 1890 g/mol. The van der Waals surface area contributed by atoms with Gasteiger partial charge in [-0.15, -0.1) is 0 Å². The zero-order chi connectivity index (χ0) is 104. The monoisotopic (exact) mass is 2110 g/mol. The summed E-state index contributed by atoms with van der Waals surface area (Å²) in [5, 5.41) is 76.1. The summed E-state index contributed by atoms with van der Waals surface area (Å²) in [4.78, 5) is 83.1. The number of aliphatic hydroxyl groups excluding tert-OH is 1. The lowest BCUT2D eigenvalue weighted by molar-refractivity contribution is -0.139. The van der Waals surface area contributed by atoms with Crippen molar-refractivity contribution in [3.63, 3.8) is 0 Å². The summed E-state index contributed by atoms with van der Waals surface area (Å²) in [5.41, 5.74) is 0. The fourth-order valence-corrected chi connectivity index (χ4v) is 50.5. The van der Waals surface area contributed by atoms with Crippen molar-refractivity contribution < 1.29 is 83.8 Å². The standard InChI is InChI=1S/C107H220N6O17Si9/c1-21-53-108(54-22-2)58-34-74-131(6,7)82-42-91-138(19,92-43-83-133(10,11)76-36-60-110(56-24-4)65-47-102(116)117)87-32-29-72-129-99-95-98(128-71-28-26-27-31-86-137(18,89-40-80-132(8,9)75-35-59-109(55-23-3)64-46-101(114)115)90-41-81-135(14,15)78-38-62-112(67-49-104(120)121)68-50-105(122)123)96-100(97-99)130-73-30-33-88-139(20,93-44-84-134(12,13)77-37-61-111(57-25-5)66-48-103(118)119)94-45-85-136(16,17)79-39-63-113(69-51-106(124)125)70-52-107(126)127/h95-97,102,116-117H,21-94H2,1-20H3,(H,114,115)(H,118,119)(H,120,121)(H,122,123)(H,124,125)(H,126,127). The topological polar surface area (TPSA) is 311 Å². The molecule has 0 spiro atoms. The number of nitrogens with zero attached hydrogens (tertiary/aromatic N) is 6. The summed E-state index contributed by atoms with van der Waals surface area (Å²) in [7, 11) is -14.0. The van der Waals surface area contributed by atoms with Gasteiger partial charge in [-0.1, -0.05) is 330 Å². The van der Waals surface area contributed by atoms with E-state index >= 15 is 0 Å². The molecule has 1 aromatic rings. The van der Waals surface area contributed by atoms with Crippen LogP contribution in [0.4, 0.5) is 0 Å². The summed E-state index contributed by atoms with van der Waals surface area (Å²) in [6.07, 6.45) is 28.3. The summed E-state index contributed by atoms with van der Waals surface area (Å²) in [5.74, 6) is -2.46. The van der Waals surface area contributed by atoms with Crippen molar-refractivity contribution in [3.05, 3.63) is 18.2 Å². The smallest absolute Gasteiger partial charge is 0.304 e. The first-order valence-electron chi connectivity index (χ1n) is 56.5. The van der Waals surface area contributed by atoms with Crippen molar-refractivity contribution in [3.8, 4) is 17.2 Å². The molecule has 0 aliphatic heterocycles. The SMILES string of the molecule is CCCN(CCC)CCC[Si](C)(C)CCC[Si](C)(CCCCOc1cc(OCCCCCC[Si](C)(CCC[Si](C)(C)CCCN(CCC)CCC(=O)O)CCC[Si](C)(C)CCCN(CCC(=O)O)CCC(=O)O)cc(OCCCC[Si](C)(CCC[Si](C)(C)CCCN(CCC)CCC(=O)O)CCC[Si](C)(C)CCCN(CCC(=O)O)CCC(=O)O)c1)CCC[Si](C)(C)CCCN(CCC)CCC(O)O. The molecule has 0 aromatic heterocycles. The maximum atomic E-state index is 11.5. The predicted molar refractivity (Wildman–Crippen MR) is 612 cm³/mol. The summed E-state index contributed by atoms with van der Waals surface area (Å²) in [6, 6.07) is 33.9. The van der Waals surface area contributed by atoms with Crippen LogP contribution >= 0.6 is 0 Å². The normalized spacial score (nSPS) is 14.1. The largest absolute Gasteiger partial charge is 0.493 e. The minimum Gasteiger partial charge on any atom is -0.493 e. The molecule has 1 rings (SSSR count). The van der Waals surface area contributed by atoms with Crippen molar-refractivity contribution in [2.24, 2.45) is 0 Å². The van der Waals surface area contributed by atoms with Gasteiger partial charge in [0.2, 0.25) is 0 Å². The summed E-state index contributed by atoms with van der Waals surface area (Å²) in [6.45, 7) is 66.6. The Morgan fingerprint density at radius 1 is 0.223 bits per heavy atom. The van der Waals surface area contributed by atoms with Crippen LogP contribution in [0.25, 0.3) is 0 Å². The highest BCUT2D eigenvalue weighted by atomic mass is 28.3. The Hall–Kier alpha value is -2.93. The molecule has 3 atom stereocenters. The highest BCUT2D eigenvalue weighted by Crippen LogP contribution is 2.39. The lowest BCUT2D eigenvalue weighted by Crippen LogP contribution is -2.34. The number of rotatable bonds is 99. The fourth-order valence-electron chi connectivity index (χ4n) is 21.6. The summed E-state index contributed by atoms with van der Waals surface area (Å²) < 4.78 is 20.6. The Morgan fingerprint density at radius 2 is 0.388 bits per heavy atom. The molecule has 0 fully saturated rings. The highest BCUT2D eigenvalue weighted by Gasteiger charge is 2.35. The van der Waals surface area contributed by atoms with Crippen molar-refractivity contribution in [1.29, 1.82) is 0 Å². The van der Waals surface area contributed by atoms with Crippen LogP contribution in [0.15, 0.2) is 18.2 Å². The molecule has 0 radical (unpaired) electrons. The maximum absolute atomic E-state index is 11.5. The predicted octanol–water partition coefficient (Wildman–Crippen LogP) is 26.5. The average Bonchev–Trinajstić information content (AvgIpc) is 0.856. The maximum Gasteiger partial charge on any atom is 0.304 e. The Balaban J connectivity index is 3.74. The molecule has 816 valence electrons. The van der Waals surface area contributed by atoms with Gasteiger partial charge in [0.05, 0.1) is 82.6 Å². The first-order chi connectivity index (χ1) is 65.4. The number of unbranched alkanes of at least 4 members (excludes halogenated alkanes) is 5. The summed E-state index contributed by atoms with van der Waals surface area (Å²) >= 11 is 0. The van der Waals surface area contributed by atoms with Gasteiger partial charge in [0.15, 0.2) is 6.29 Å². The first kappa shape index (κ1) is 134. The molecule has 0 heterocycles. The van der Waals surface area contributed by atoms with Gasteiger partial charge in [-0.05, 0) is 162 Å². The van der Waals surface area contributed by atoms with E-state index in [1.54, 1.807) is 0 Å². The van der Waals surface area contributed by atoms with Gasteiger partial charge in [0.25, 0.3) is 0 Å². The lowest BCUT2D eigenvalue weighted by Gasteiger charge is -2.32. The molecule has 0 amide bonds. The van der Waals surface area contributed by atoms with Gasteiger partial charge >= 0.3 is 35.8 Å². The van der Waals surface area contributed by atoms with Crippen LogP contribution in [0.1, 0.15) is 240 Å². The van der Waals surface area contributed by atoms with Gasteiger partial charge in [0.1, 0.15) is 17.2 Å². The third kappa shape index (κ3) is 75.4. The number of ether oxygens (including phenoxy) is 3. The van der Waals surface area contributed by atoms with Crippen LogP contribution in [0, 0.1) is 0 Å². The molecule has 23 nitrogen and oxygen atoms in total. The van der Waals surface area contributed by atoms with Crippen LogP contribution in [-0.4, -0.2) is 323 Å². The Kier molecular flexibility index (Phi) is 73.0. The molecule has 3 unspecified atom stereocenters. The Bertz CT molecular complexity index is 3320. The third-order valence-corrected chi connectivity index (χ3v) is 65.2. The fraction of sp³-hybridized carbons (Fsp3) is 0.888. The van der Waals surface area contributed by atoms with E-state index < -0.39 is 115 Å². The van der Waals surface area contributed by atoms with Crippen LogP contribution in [0.5, 0.6) is 17.2 Å². The van der Waals surface area contributed by atoms with E-state index in [1.165, 1.54) is 218 Å². The van der Waals surface area contributed by atoms with Crippen LogP contribution in [-0.2, 0) is 28.8 Å². The Labute approximate surface area is 860 Å². The molecular formula is C107H220N6O17Si9. The molecule has 0 saturated carbocycles. The molecule has 0 aliphatic carbocycles. The van der Waals surface area contributed by atoms with E-state index in [0.717, 1.165) is 165 Å². The second-order valence-corrected chi connectivity index (χ2v) is 95.9. The molecule has 139 heavy (non-hydrogen) atoms. The number of benzene rings is 1. The number of aliphatic hydroxyl groups is 2. The highest BCUT2D eigenvalue weighted by molar-refractivity contribution is 6.82. The van der Waals surface area contributed by atoms with E-state index in [9.17, 15) is 69.6 Å². The van der Waals surface area contributed by atoms with E-state index in [4.69, 9.17) is 14.2 Å².